The highest BCUT2D eigenvalue weighted by Gasteiger charge is 2.45. The van der Waals surface area contributed by atoms with E-state index in [-0.39, 0.29) is 53.7 Å². The van der Waals surface area contributed by atoms with Crippen LogP contribution in [0.2, 0.25) is 0 Å². The highest BCUT2D eigenvalue weighted by atomic mass is 19.1. The van der Waals surface area contributed by atoms with Crippen molar-refractivity contribution in [1.82, 2.24) is 34.6 Å². The fourth-order valence-electron chi connectivity index (χ4n) is 9.47. The van der Waals surface area contributed by atoms with Crippen LogP contribution < -0.4 is 21.3 Å². The average Bonchev–Trinajstić information content (AvgIpc) is 3.99. The fourth-order valence-corrected chi connectivity index (χ4v) is 9.47. The third-order valence-corrected chi connectivity index (χ3v) is 13.7. The van der Waals surface area contributed by atoms with Gasteiger partial charge in [-0.05, 0) is 55.7 Å². The molecule has 2 fully saturated rings. The molecule has 430 valence electrons. The van der Waals surface area contributed by atoms with Gasteiger partial charge in [-0.15, -0.1) is 0 Å². The Balaban J connectivity index is 0.575. The van der Waals surface area contributed by atoms with E-state index in [0.717, 1.165) is 23.8 Å². The zero-order valence-electron chi connectivity index (χ0n) is 44.7. The summed E-state index contributed by atoms with van der Waals surface area (Å²) < 4.78 is 76.3. The Kier molecular flexibility index (Phi) is 22.1. The van der Waals surface area contributed by atoms with Crippen molar-refractivity contribution in [2.24, 2.45) is 0 Å². The lowest BCUT2D eigenvalue weighted by Crippen LogP contribution is -2.54. The first-order chi connectivity index (χ1) is 39.0. The number of nitrogens with zero attached hydrogens (tertiary/aromatic N) is 7. The Hall–Kier alpha value is -7.10. The minimum absolute atomic E-state index is 0.0314. The molecule has 1 unspecified atom stereocenters. The topological polar surface area (TPSA) is 263 Å². The number of rotatable bonds is 33. The number of anilines is 3. The van der Waals surface area contributed by atoms with Crippen LogP contribution in [0.15, 0.2) is 67.4 Å². The van der Waals surface area contributed by atoms with E-state index in [4.69, 9.17) is 48.6 Å². The highest BCUT2D eigenvalue weighted by molar-refractivity contribution is 6.25. The molecule has 3 aliphatic heterocycles. The number of amides is 5. The van der Waals surface area contributed by atoms with Gasteiger partial charge in [0, 0.05) is 74.5 Å². The number of pyridine rings is 1. The van der Waals surface area contributed by atoms with Crippen LogP contribution in [0, 0.1) is 11.6 Å². The molecule has 3 aliphatic rings. The summed E-state index contributed by atoms with van der Waals surface area (Å²) in [5, 5.41) is 5.33. The number of hydrogen-bond acceptors (Lipinski definition) is 19. The van der Waals surface area contributed by atoms with Crippen LogP contribution in [0.5, 0.6) is 0 Å². The first-order valence-corrected chi connectivity index (χ1v) is 26.7. The third-order valence-electron chi connectivity index (χ3n) is 13.7. The Morgan fingerprint density at radius 2 is 1.31 bits per heavy atom. The summed E-state index contributed by atoms with van der Waals surface area (Å²) in [6.07, 6.45) is 8.14. The van der Waals surface area contributed by atoms with Crippen LogP contribution in [0.1, 0.15) is 52.8 Å². The number of halogens is 2. The maximum Gasteiger partial charge on any atom is 0.264 e. The van der Waals surface area contributed by atoms with Gasteiger partial charge in [0.15, 0.2) is 5.82 Å². The number of nitrogens with two attached hydrogens (primary N) is 1. The van der Waals surface area contributed by atoms with Crippen LogP contribution >= 0.6 is 0 Å². The van der Waals surface area contributed by atoms with Gasteiger partial charge in [0.05, 0.1) is 140 Å². The van der Waals surface area contributed by atoms with Crippen LogP contribution in [-0.2, 0) is 52.3 Å². The number of aromatic nitrogens is 4. The number of benzene rings is 2. The average molecular weight is 1120 g/mol. The molecule has 2 saturated heterocycles. The van der Waals surface area contributed by atoms with Gasteiger partial charge in [-0.2, -0.15) is 0 Å². The molecule has 4 N–H and O–H groups in total. The molecule has 0 bridgehead atoms. The van der Waals surface area contributed by atoms with E-state index in [0.29, 0.717) is 159 Å². The number of carbonyl (C=O) groups excluding carboxylic acids is 5. The van der Waals surface area contributed by atoms with Crippen molar-refractivity contribution in [3.8, 4) is 16.8 Å². The van der Waals surface area contributed by atoms with E-state index in [1.54, 1.807) is 42.9 Å². The Bertz CT molecular complexity index is 2890. The summed E-state index contributed by atoms with van der Waals surface area (Å²) in [5.74, 6) is -3.14. The molecule has 23 nitrogen and oxygen atoms in total. The van der Waals surface area contributed by atoms with E-state index >= 15 is 8.78 Å². The van der Waals surface area contributed by atoms with Gasteiger partial charge in [0.25, 0.3) is 11.8 Å². The van der Waals surface area contributed by atoms with Gasteiger partial charge in [-0.25, -0.2) is 23.7 Å². The van der Waals surface area contributed by atoms with E-state index in [1.807, 2.05) is 18.0 Å². The van der Waals surface area contributed by atoms with Crippen molar-refractivity contribution >= 4 is 57.8 Å². The zero-order valence-corrected chi connectivity index (χ0v) is 44.7. The van der Waals surface area contributed by atoms with Gasteiger partial charge in [0.2, 0.25) is 17.7 Å². The zero-order chi connectivity index (χ0) is 56.2. The molecule has 2 aromatic carbocycles. The lowest BCUT2D eigenvalue weighted by atomic mass is 10.0. The Labute approximate surface area is 461 Å². The predicted molar refractivity (Wildman–Crippen MR) is 287 cm³/mol. The van der Waals surface area contributed by atoms with Gasteiger partial charge in [-0.1, -0.05) is 6.07 Å². The molecule has 0 saturated carbocycles. The predicted octanol–water partition coefficient (Wildman–Crippen LogP) is 3.81. The molecular weight excluding hydrogens is 1050 g/mol. The third kappa shape index (κ3) is 15.4. The van der Waals surface area contributed by atoms with Gasteiger partial charge >= 0.3 is 0 Å². The molecular formula is C55H68F2N10O13. The lowest BCUT2D eigenvalue weighted by Gasteiger charge is -2.37. The van der Waals surface area contributed by atoms with Crippen molar-refractivity contribution in [2.75, 3.05) is 148 Å². The van der Waals surface area contributed by atoms with Crippen molar-refractivity contribution in [1.29, 1.82) is 0 Å². The summed E-state index contributed by atoms with van der Waals surface area (Å²) in [5.41, 5.74) is 8.47. The summed E-state index contributed by atoms with van der Waals surface area (Å²) >= 11 is 0. The second kappa shape index (κ2) is 29.9. The van der Waals surface area contributed by atoms with Crippen molar-refractivity contribution in [3.63, 3.8) is 0 Å². The fraction of sp³-hybridized carbons (Fsp3) is 0.491. The standard InChI is InChI=1S/C55H68F2N10O13/c1-64(46-9-7-44-51(62-46)40(37-33-59-36-60-34-37)35-66(44)52-41(56)5-6-42(58)50(52)57)38-11-15-65(16-12-38)48(69)13-17-73-19-21-75-23-25-77-27-29-79-31-32-80-30-28-78-26-24-76-22-20-74-18-14-61-43-4-2-3-39-49(43)55(72)67(54(39)71)45-8-10-47(68)63-53(45)70/h2-7,9,33-36,38,45,61H,8,10-32,58H2,1H3,(H,63,68,70). The van der Waals surface area contributed by atoms with Crippen molar-refractivity contribution in [3.05, 3.63) is 90.1 Å². The number of carbonyl (C=O) groups is 5. The second-order valence-corrected chi connectivity index (χ2v) is 18.9. The second-order valence-electron chi connectivity index (χ2n) is 18.9. The van der Waals surface area contributed by atoms with E-state index in [1.165, 1.54) is 17.0 Å². The number of likely N-dealkylation sites (tertiary alicyclic amines) is 1. The number of fused-ring (bicyclic) bond motifs is 2. The molecule has 8 rings (SSSR count). The molecule has 5 amide bonds. The van der Waals surface area contributed by atoms with Crippen LogP contribution in [0.4, 0.5) is 26.0 Å². The number of ether oxygens (including phenoxy) is 8. The number of nitrogen functional groups attached to an aromatic ring is 1. The molecule has 80 heavy (non-hydrogen) atoms. The Morgan fingerprint density at radius 1 is 0.725 bits per heavy atom. The number of imide groups is 2. The monoisotopic (exact) mass is 1110 g/mol. The molecule has 0 spiro atoms. The SMILES string of the molecule is CN(c1ccc2c(n1)c(-c1cncnc1)cn2-c1c(F)ccc(N)c1F)C1CCN(C(=O)CCOCCOCCOCCOCCOCCOCCOCCOCCNc2cccc3c2C(=O)N(C2CCC(=O)NC2=O)C3=O)CC1. The molecule has 1 atom stereocenters. The number of nitrogens with one attached hydrogen (secondary N) is 2. The minimum Gasteiger partial charge on any atom is -0.396 e. The number of piperidine rings is 2. The van der Waals surface area contributed by atoms with E-state index in [9.17, 15) is 24.0 Å². The smallest absolute Gasteiger partial charge is 0.264 e. The first kappa shape index (κ1) is 59.0. The van der Waals surface area contributed by atoms with Crippen molar-refractivity contribution in [2.45, 2.75) is 44.2 Å². The van der Waals surface area contributed by atoms with Crippen LogP contribution in [0.25, 0.3) is 27.8 Å². The normalized spacial score (nSPS) is 15.8. The number of hydrogen-bond donors (Lipinski definition) is 3. The molecule has 0 aliphatic carbocycles. The van der Waals surface area contributed by atoms with Crippen LogP contribution in [0.3, 0.4) is 0 Å². The summed E-state index contributed by atoms with van der Waals surface area (Å²) in [4.78, 5) is 81.3. The molecule has 5 aromatic rings. The van der Waals surface area contributed by atoms with Gasteiger partial charge in [0.1, 0.15) is 29.7 Å². The lowest BCUT2D eigenvalue weighted by molar-refractivity contribution is -0.136. The van der Waals surface area contributed by atoms with E-state index < -0.39 is 41.3 Å². The summed E-state index contributed by atoms with van der Waals surface area (Å²) in [6.45, 7) is 7.72. The maximum atomic E-state index is 15.2. The van der Waals surface area contributed by atoms with Crippen molar-refractivity contribution < 1.29 is 70.6 Å². The summed E-state index contributed by atoms with van der Waals surface area (Å²) in [6, 6.07) is 9.90. The van der Waals surface area contributed by atoms with Gasteiger partial charge < -0.3 is 63.3 Å². The molecule has 3 aromatic heterocycles. The highest BCUT2D eigenvalue weighted by Crippen LogP contribution is 2.36. The molecule has 6 heterocycles. The molecule has 25 heteroatoms. The minimum atomic E-state index is -1.03. The van der Waals surface area contributed by atoms with Gasteiger partial charge in [-0.3, -0.25) is 34.2 Å². The summed E-state index contributed by atoms with van der Waals surface area (Å²) in [7, 11) is 1.96. The maximum absolute atomic E-state index is 15.2. The quantitative estimate of drug-likeness (QED) is 0.0306. The van der Waals surface area contributed by atoms with E-state index in [2.05, 4.69) is 25.5 Å². The Morgan fingerprint density at radius 3 is 1.91 bits per heavy atom. The first-order valence-electron chi connectivity index (χ1n) is 26.7. The molecule has 0 radical (unpaired) electrons. The largest absolute Gasteiger partial charge is 0.396 e. The van der Waals surface area contributed by atoms with Crippen LogP contribution in [-0.4, -0.2) is 203 Å².